The van der Waals surface area contributed by atoms with Crippen LogP contribution >= 0.6 is 0 Å². The lowest BCUT2D eigenvalue weighted by Crippen LogP contribution is -2.19. The molecule has 0 spiro atoms. The van der Waals surface area contributed by atoms with Gasteiger partial charge in [-0.1, -0.05) is 18.2 Å². The molecule has 0 fully saturated rings. The van der Waals surface area contributed by atoms with Crippen LogP contribution in [0.2, 0.25) is 0 Å². The first-order valence-corrected chi connectivity index (χ1v) is 9.50. The Bertz CT molecular complexity index is 901. The Morgan fingerprint density at radius 1 is 1.04 bits per heavy atom. The molecule has 0 heterocycles. The van der Waals surface area contributed by atoms with E-state index in [1.807, 2.05) is 43.3 Å². The van der Waals surface area contributed by atoms with Crippen LogP contribution in [0.25, 0.3) is 0 Å². The van der Waals surface area contributed by atoms with E-state index in [4.69, 9.17) is 0 Å². The summed E-state index contributed by atoms with van der Waals surface area (Å²) in [5.41, 5.74) is 5.30. The normalized spacial score (nSPS) is 11.9. The number of nitrogens with one attached hydrogen (secondary N) is 1. The Morgan fingerprint density at radius 2 is 1.68 bits per heavy atom. The molecular weight excluding hydrogens is 338 g/mol. The summed E-state index contributed by atoms with van der Waals surface area (Å²) < 4.78 is 23.1. The average Bonchev–Trinajstić information content (AvgIpc) is 2.58. The topological polar surface area (TPSA) is 78.8 Å². The number of amides is 1. The van der Waals surface area contributed by atoms with Crippen molar-refractivity contribution in [3.63, 3.8) is 0 Å². The highest BCUT2D eigenvalue weighted by Crippen LogP contribution is 2.13. The Balaban J connectivity index is 2.14. The van der Waals surface area contributed by atoms with E-state index in [0.29, 0.717) is 5.71 Å². The Labute approximate surface area is 148 Å². The van der Waals surface area contributed by atoms with Gasteiger partial charge in [-0.2, -0.15) is 5.10 Å². The third kappa shape index (κ3) is 4.90. The van der Waals surface area contributed by atoms with E-state index in [-0.39, 0.29) is 10.5 Å². The zero-order valence-corrected chi connectivity index (χ0v) is 15.5. The highest BCUT2D eigenvalue weighted by Gasteiger charge is 2.11. The van der Waals surface area contributed by atoms with Crippen LogP contribution in [0.5, 0.6) is 0 Å². The van der Waals surface area contributed by atoms with Crippen molar-refractivity contribution in [2.75, 3.05) is 25.3 Å². The molecule has 7 heteroatoms. The summed E-state index contributed by atoms with van der Waals surface area (Å²) >= 11 is 0. The standard InChI is InChI=1S/C18H21N3O3S/c1-13(14-8-10-16(11-9-14)21(2)3)19-20-18(22)15-6-5-7-17(12-15)25(4,23)24/h5-12H,1-4H3,(H,20,22)/b19-13+. The molecule has 0 atom stereocenters. The van der Waals surface area contributed by atoms with Gasteiger partial charge in [0.1, 0.15) is 0 Å². The molecule has 0 saturated heterocycles. The second kappa shape index (κ2) is 7.48. The molecule has 132 valence electrons. The number of benzene rings is 2. The summed E-state index contributed by atoms with van der Waals surface area (Å²) in [6.45, 7) is 1.79. The third-order valence-electron chi connectivity index (χ3n) is 3.65. The van der Waals surface area contributed by atoms with Gasteiger partial charge in [-0.3, -0.25) is 4.79 Å². The number of hydrazone groups is 1. The van der Waals surface area contributed by atoms with Crippen molar-refractivity contribution in [3.05, 3.63) is 59.7 Å². The molecule has 0 aliphatic heterocycles. The fourth-order valence-electron chi connectivity index (χ4n) is 2.13. The summed E-state index contributed by atoms with van der Waals surface area (Å²) in [5.74, 6) is -0.463. The van der Waals surface area contributed by atoms with Crippen LogP contribution in [-0.2, 0) is 9.84 Å². The van der Waals surface area contributed by atoms with E-state index in [1.165, 1.54) is 18.2 Å². The molecule has 0 saturated carbocycles. The third-order valence-corrected chi connectivity index (χ3v) is 4.76. The lowest BCUT2D eigenvalue weighted by Gasteiger charge is -2.12. The highest BCUT2D eigenvalue weighted by molar-refractivity contribution is 7.90. The molecule has 2 aromatic rings. The SMILES string of the molecule is C/C(=N\NC(=O)c1cccc(S(C)(=O)=O)c1)c1ccc(N(C)C)cc1. The monoisotopic (exact) mass is 359 g/mol. The first-order chi connectivity index (χ1) is 11.7. The molecule has 0 aliphatic carbocycles. The lowest BCUT2D eigenvalue weighted by atomic mass is 10.1. The van der Waals surface area contributed by atoms with Crippen molar-refractivity contribution in [1.82, 2.24) is 5.43 Å². The van der Waals surface area contributed by atoms with Crippen LogP contribution in [0.3, 0.4) is 0 Å². The molecule has 25 heavy (non-hydrogen) atoms. The predicted molar refractivity (Wildman–Crippen MR) is 100.0 cm³/mol. The van der Waals surface area contributed by atoms with E-state index < -0.39 is 15.7 Å². The highest BCUT2D eigenvalue weighted by atomic mass is 32.2. The fraction of sp³-hybridized carbons (Fsp3) is 0.222. The van der Waals surface area contributed by atoms with E-state index in [9.17, 15) is 13.2 Å². The number of carbonyl (C=O) groups is 1. The molecule has 1 N–H and O–H groups in total. The lowest BCUT2D eigenvalue weighted by molar-refractivity contribution is 0.0954. The molecular formula is C18H21N3O3S. The van der Waals surface area contributed by atoms with Gasteiger partial charge in [-0.25, -0.2) is 13.8 Å². The number of anilines is 1. The van der Waals surface area contributed by atoms with Gasteiger partial charge >= 0.3 is 0 Å². The van der Waals surface area contributed by atoms with E-state index in [1.54, 1.807) is 13.0 Å². The zero-order valence-electron chi connectivity index (χ0n) is 14.6. The maximum atomic E-state index is 12.2. The molecule has 0 radical (unpaired) electrons. The number of sulfone groups is 1. The summed E-state index contributed by atoms with van der Waals surface area (Å²) in [6, 6.07) is 13.6. The van der Waals surface area contributed by atoms with Crippen LogP contribution in [0.4, 0.5) is 5.69 Å². The zero-order chi connectivity index (χ0) is 18.6. The van der Waals surface area contributed by atoms with Crippen molar-refractivity contribution < 1.29 is 13.2 Å². The van der Waals surface area contributed by atoms with Crippen molar-refractivity contribution in [2.45, 2.75) is 11.8 Å². The molecule has 1 amide bonds. The van der Waals surface area contributed by atoms with Gasteiger partial charge < -0.3 is 4.90 Å². The van der Waals surface area contributed by atoms with Crippen LogP contribution in [0.1, 0.15) is 22.8 Å². The molecule has 6 nitrogen and oxygen atoms in total. The number of hydrogen-bond acceptors (Lipinski definition) is 5. The molecule has 2 rings (SSSR count). The summed E-state index contributed by atoms with van der Waals surface area (Å²) in [7, 11) is 0.554. The van der Waals surface area contributed by atoms with Crippen molar-refractivity contribution in [1.29, 1.82) is 0 Å². The Kier molecular flexibility index (Phi) is 5.58. The van der Waals surface area contributed by atoms with Gasteiger partial charge in [0.15, 0.2) is 9.84 Å². The van der Waals surface area contributed by atoms with Crippen LogP contribution in [0.15, 0.2) is 58.5 Å². The summed E-state index contributed by atoms with van der Waals surface area (Å²) in [6.07, 6.45) is 1.10. The maximum Gasteiger partial charge on any atom is 0.271 e. The maximum absolute atomic E-state index is 12.2. The van der Waals surface area contributed by atoms with Gasteiger partial charge in [0.05, 0.1) is 10.6 Å². The first-order valence-electron chi connectivity index (χ1n) is 7.61. The Morgan fingerprint density at radius 3 is 2.24 bits per heavy atom. The predicted octanol–water partition coefficient (Wildman–Crippen LogP) is 2.31. The molecule has 2 aromatic carbocycles. The van der Waals surface area contributed by atoms with E-state index in [2.05, 4.69) is 10.5 Å². The van der Waals surface area contributed by atoms with Crippen molar-refractivity contribution in [3.8, 4) is 0 Å². The minimum Gasteiger partial charge on any atom is -0.378 e. The number of carbonyl (C=O) groups excluding carboxylic acids is 1. The van der Waals surface area contributed by atoms with Gasteiger partial charge in [-0.05, 0) is 42.8 Å². The summed E-state index contributed by atoms with van der Waals surface area (Å²) in [4.78, 5) is 14.3. The Hall–Kier alpha value is -2.67. The van der Waals surface area contributed by atoms with Gasteiger partial charge in [-0.15, -0.1) is 0 Å². The van der Waals surface area contributed by atoms with Gasteiger partial charge in [0.2, 0.25) is 0 Å². The fourth-order valence-corrected chi connectivity index (χ4v) is 2.80. The quantitative estimate of drug-likeness (QED) is 0.656. The first kappa shape index (κ1) is 18.7. The summed E-state index contributed by atoms with van der Waals surface area (Å²) in [5, 5.41) is 4.09. The minimum absolute atomic E-state index is 0.0973. The average molecular weight is 359 g/mol. The van der Waals surface area contributed by atoms with E-state index >= 15 is 0 Å². The number of hydrogen-bond donors (Lipinski definition) is 1. The van der Waals surface area contributed by atoms with Crippen molar-refractivity contribution in [2.24, 2.45) is 5.10 Å². The van der Waals surface area contributed by atoms with Crippen LogP contribution in [0, 0.1) is 0 Å². The second-order valence-electron chi connectivity index (χ2n) is 5.88. The van der Waals surface area contributed by atoms with Crippen molar-refractivity contribution >= 4 is 27.1 Å². The number of nitrogens with zero attached hydrogens (tertiary/aromatic N) is 2. The van der Waals surface area contributed by atoms with Gasteiger partial charge in [0.25, 0.3) is 5.91 Å². The molecule has 0 bridgehead atoms. The molecule has 0 aromatic heterocycles. The molecule has 0 unspecified atom stereocenters. The number of rotatable bonds is 5. The van der Waals surface area contributed by atoms with Gasteiger partial charge in [0, 0.05) is 31.6 Å². The molecule has 0 aliphatic rings. The van der Waals surface area contributed by atoms with Crippen LogP contribution in [-0.4, -0.2) is 40.4 Å². The van der Waals surface area contributed by atoms with Crippen LogP contribution < -0.4 is 10.3 Å². The smallest absolute Gasteiger partial charge is 0.271 e. The minimum atomic E-state index is -3.36. The second-order valence-corrected chi connectivity index (χ2v) is 7.90. The van der Waals surface area contributed by atoms with E-state index in [0.717, 1.165) is 17.5 Å². The largest absolute Gasteiger partial charge is 0.378 e.